The average Bonchev–Trinajstić information content (AvgIpc) is 2.79. The number of hydrogen-bond donors (Lipinski definition) is 2. The third-order valence-corrected chi connectivity index (χ3v) is 5.65. The number of rotatable bonds is 7. The van der Waals surface area contributed by atoms with Crippen molar-refractivity contribution in [3.63, 3.8) is 0 Å². The van der Waals surface area contributed by atoms with E-state index in [9.17, 15) is 40.7 Å². The number of nitrogens with two attached hydrogens (primary N) is 1. The number of aryl methyl sites for hydroxylation is 1. The van der Waals surface area contributed by atoms with Gasteiger partial charge in [-0.3, -0.25) is 14.4 Å². The van der Waals surface area contributed by atoms with Crippen molar-refractivity contribution in [3.8, 4) is 0 Å². The molecule has 0 atom stereocenters. The molecule has 0 spiro atoms. The van der Waals surface area contributed by atoms with Crippen molar-refractivity contribution < 1.29 is 40.7 Å². The van der Waals surface area contributed by atoms with Crippen LogP contribution in [0.4, 0.5) is 26.3 Å². The van der Waals surface area contributed by atoms with E-state index in [1.807, 2.05) is 0 Å². The zero-order valence-corrected chi connectivity index (χ0v) is 18.9. The SMILES string of the molecule is NC(=O)CCCCNC(=O)c1ccc2c(c1)CC/C(=C\c1cc(C(F)(F)F)cc(C(F)(F)F)c1)C2=O. The van der Waals surface area contributed by atoms with Gasteiger partial charge in [0.1, 0.15) is 0 Å². The van der Waals surface area contributed by atoms with Crippen LogP contribution in [-0.2, 0) is 23.6 Å². The first-order valence-corrected chi connectivity index (χ1v) is 11.0. The molecule has 11 heteroatoms. The zero-order chi connectivity index (χ0) is 26.7. The highest BCUT2D eigenvalue weighted by molar-refractivity contribution is 6.13. The van der Waals surface area contributed by atoms with E-state index in [-0.39, 0.29) is 47.9 Å². The van der Waals surface area contributed by atoms with Gasteiger partial charge in [-0.15, -0.1) is 0 Å². The van der Waals surface area contributed by atoms with Crippen molar-refractivity contribution in [1.82, 2.24) is 5.32 Å². The maximum Gasteiger partial charge on any atom is 0.416 e. The van der Waals surface area contributed by atoms with Gasteiger partial charge >= 0.3 is 12.4 Å². The number of nitrogens with one attached hydrogen (secondary N) is 1. The van der Waals surface area contributed by atoms with E-state index in [2.05, 4.69) is 5.32 Å². The Hall–Kier alpha value is -3.63. The van der Waals surface area contributed by atoms with Crippen LogP contribution >= 0.6 is 0 Å². The lowest BCUT2D eigenvalue weighted by Gasteiger charge is -2.19. The van der Waals surface area contributed by atoms with Gasteiger partial charge in [-0.25, -0.2) is 0 Å². The first kappa shape index (κ1) is 27.0. The molecule has 3 rings (SSSR count). The summed E-state index contributed by atoms with van der Waals surface area (Å²) in [6.07, 6.45) is -7.28. The van der Waals surface area contributed by atoms with Crippen molar-refractivity contribution >= 4 is 23.7 Å². The van der Waals surface area contributed by atoms with Gasteiger partial charge in [0.05, 0.1) is 11.1 Å². The predicted octanol–water partition coefficient (Wildman–Crippen LogP) is 5.32. The summed E-state index contributed by atoms with van der Waals surface area (Å²) >= 11 is 0. The van der Waals surface area contributed by atoms with Gasteiger partial charge in [0, 0.05) is 29.7 Å². The molecule has 192 valence electrons. The molecule has 1 aliphatic rings. The summed E-state index contributed by atoms with van der Waals surface area (Å²) in [5, 5.41) is 2.70. The van der Waals surface area contributed by atoms with Crippen molar-refractivity contribution in [1.29, 1.82) is 0 Å². The molecule has 0 heterocycles. The van der Waals surface area contributed by atoms with Crippen molar-refractivity contribution in [2.24, 2.45) is 5.73 Å². The molecule has 0 aromatic heterocycles. The normalized spacial score (nSPS) is 15.1. The number of hydrogen-bond acceptors (Lipinski definition) is 3. The predicted molar refractivity (Wildman–Crippen MR) is 119 cm³/mol. The number of benzene rings is 2. The third-order valence-electron chi connectivity index (χ3n) is 5.65. The number of unbranched alkanes of at least 4 members (excludes halogenated alkanes) is 1. The van der Waals surface area contributed by atoms with Crippen LogP contribution in [0.1, 0.15) is 68.7 Å². The summed E-state index contributed by atoms with van der Waals surface area (Å²) in [6.45, 7) is 0.325. The molecule has 0 unspecified atom stereocenters. The summed E-state index contributed by atoms with van der Waals surface area (Å²) < 4.78 is 78.8. The molecule has 0 saturated carbocycles. The van der Waals surface area contributed by atoms with E-state index in [1.54, 1.807) is 0 Å². The highest BCUT2D eigenvalue weighted by Gasteiger charge is 2.37. The van der Waals surface area contributed by atoms with Crippen LogP contribution in [0.2, 0.25) is 0 Å². The van der Waals surface area contributed by atoms with E-state index in [4.69, 9.17) is 5.73 Å². The molecule has 36 heavy (non-hydrogen) atoms. The number of halogens is 6. The summed E-state index contributed by atoms with van der Waals surface area (Å²) in [6, 6.07) is 5.55. The van der Waals surface area contributed by atoms with E-state index in [0.29, 0.717) is 42.6 Å². The summed E-state index contributed by atoms with van der Waals surface area (Å²) in [7, 11) is 0. The second-order valence-electron chi connectivity index (χ2n) is 8.39. The lowest BCUT2D eigenvalue weighted by atomic mass is 9.85. The number of alkyl halides is 6. The van der Waals surface area contributed by atoms with Crippen LogP contribution in [0.5, 0.6) is 0 Å². The number of allylic oxidation sites excluding steroid dienone is 1. The number of Topliss-reactive ketones (excluding diaryl/α,β-unsaturated/α-hetero) is 1. The molecule has 0 aliphatic heterocycles. The van der Waals surface area contributed by atoms with E-state index in [1.165, 1.54) is 18.2 Å². The molecule has 5 nitrogen and oxygen atoms in total. The topological polar surface area (TPSA) is 89.3 Å². The Labute approximate surface area is 202 Å². The second-order valence-corrected chi connectivity index (χ2v) is 8.39. The molecule has 0 radical (unpaired) electrons. The first-order chi connectivity index (χ1) is 16.8. The summed E-state index contributed by atoms with van der Waals surface area (Å²) in [5.74, 6) is -1.34. The Kier molecular flexibility index (Phi) is 7.90. The van der Waals surface area contributed by atoms with Crippen LogP contribution < -0.4 is 11.1 Å². The minimum atomic E-state index is -4.99. The fraction of sp³-hybridized carbons (Fsp3) is 0.320. The third kappa shape index (κ3) is 6.73. The maximum absolute atomic E-state index is 13.1. The standard InChI is InChI=1S/C25H22F6N2O3/c26-24(27,28)18-10-14(11-19(13-18)25(29,30)31)9-16-5-4-15-12-17(6-7-20(15)22(16)35)23(36)33-8-2-1-3-21(32)34/h6-7,9-13H,1-5,8H2,(H2,32,34)(H,33,36)/b16-9+. The zero-order valence-electron chi connectivity index (χ0n) is 18.9. The number of primary amides is 1. The van der Waals surface area contributed by atoms with Gasteiger partial charge in [-0.1, -0.05) is 0 Å². The van der Waals surface area contributed by atoms with E-state index >= 15 is 0 Å². The van der Waals surface area contributed by atoms with Crippen LogP contribution in [-0.4, -0.2) is 24.1 Å². The smallest absolute Gasteiger partial charge is 0.370 e. The Morgan fingerprint density at radius 1 is 0.917 bits per heavy atom. The van der Waals surface area contributed by atoms with Gasteiger partial charge in [-0.05, 0) is 79.3 Å². The van der Waals surface area contributed by atoms with Gasteiger partial charge in [-0.2, -0.15) is 26.3 Å². The van der Waals surface area contributed by atoms with Gasteiger partial charge in [0.25, 0.3) is 5.91 Å². The quantitative estimate of drug-likeness (QED) is 0.299. The molecule has 2 aromatic carbocycles. The number of ketones is 1. The van der Waals surface area contributed by atoms with Gasteiger partial charge in [0.2, 0.25) is 5.91 Å². The maximum atomic E-state index is 13.1. The summed E-state index contributed by atoms with van der Waals surface area (Å²) in [5.41, 5.74) is 2.91. The molecule has 0 fully saturated rings. The minimum Gasteiger partial charge on any atom is -0.370 e. The first-order valence-electron chi connectivity index (χ1n) is 11.0. The fourth-order valence-electron chi connectivity index (χ4n) is 3.85. The molecule has 2 aromatic rings. The van der Waals surface area contributed by atoms with Crippen LogP contribution in [0.15, 0.2) is 42.0 Å². The molecular weight excluding hydrogens is 490 g/mol. The van der Waals surface area contributed by atoms with E-state index in [0.717, 1.165) is 6.08 Å². The van der Waals surface area contributed by atoms with Crippen LogP contribution in [0, 0.1) is 0 Å². The number of carbonyl (C=O) groups is 3. The lowest BCUT2D eigenvalue weighted by Crippen LogP contribution is -2.25. The fourth-order valence-corrected chi connectivity index (χ4v) is 3.85. The van der Waals surface area contributed by atoms with Crippen molar-refractivity contribution in [3.05, 3.63) is 75.4 Å². The van der Waals surface area contributed by atoms with Gasteiger partial charge in [0.15, 0.2) is 5.78 Å². The monoisotopic (exact) mass is 512 g/mol. The largest absolute Gasteiger partial charge is 0.416 e. The van der Waals surface area contributed by atoms with Crippen LogP contribution in [0.3, 0.4) is 0 Å². The second kappa shape index (κ2) is 10.5. The number of carbonyl (C=O) groups excluding carboxylic acids is 3. The summed E-state index contributed by atoms with van der Waals surface area (Å²) in [4.78, 5) is 36.0. The van der Waals surface area contributed by atoms with Crippen molar-refractivity contribution in [2.45, 2.75) is 44.5 Å². The van der Waals surface area contributed by atoms with E-state index < -0.39 is 35.2 Å². The molecule has 2 amide bonds. The molecule has 3 N–H and O–H groups in total. The molecule has 0 bridgehead atoms. The Balaban J connectivity index is 1.79. The number of amides is 2. The number of fused-ring (bicyclic) bond motifs is 1. The highest BCUT2D eigenvalue weighted by Crippen LogP contribution is 2.37. The average molecular weight is 512 g/mol. The molecular formula is C25H22F6N2O3. The molecule has 1 aliphatic carbocycles. The van der Waals surface area contributed by atoms with Crippen molar-refractivity contribution in [2.75, 3.05) is 6.54 Å². The van der Waals surface area contributed by atoms with Crippen LogP contribution in [0.25, 0.3) is 6.08 Å². The molecule has 0 saturated heterocycles. The lowest BCUT2D eigenvalue weighted by molar-refractivity contribution is -0.143. The Morgan fingerprint density at radius 3 is 2.14 bits per heavy atom. The minimum absolute atomic E-state index is 0.0321. The Morgan fingerprint density at radius 2 is 1.56 bits per heavy atom. The van der Waals surface area contributed by atoms with Gasteiger partial charge < -0.3 is 11.1 Å². The highest BCUT2D eigenvalue weighted by atomic mass is 19.4. The Bertz CT molecular complexity index is 1180.